The van der Waals surface area contributed by atoms with Crippen LogP contribution in [0.25, 0.3) is 0 Å². The number of nitriles is 1. The maximum absolute atomic E-state index is 14.0. The largest absolute Gasteiger partial charge is 0.454 e. The van der Waals surface area contributed by atoms with Gasteiger partial charge in [-0.05, 0) is 61.0 Å². The van der Waals surface area contributed by atoms with Crippen LogP contribution in [0.15, 0.2) is 67.0 Å². The highest BCUT2D eigenvalue weighted by Crippen LogP contribution is 2.28. The third kappa shape index (κ3) is 4.89. The predicted molar refractivity (Wildman–Crippen MR) is 108 cm³/mol. The molecule has 0 N–H and O–H groups in total. The summed E-state index contributed by atoms with van der Waals surface area (Å²) >= 11 is 0. The lowest BCUT2D eigenvalue weighted by molar-refractivity contribution is 0.442. The summed E-state index contributed by atoms with van der Waals surface area (Å²) in [5.74, 6) is -0.389. The fourth-order valence-electron chi connectivity index (χ4n) is 2.62. The number of pyridine rings is 1. The van der Waals surface area contributed by atoms with Crippen LogP contribution in [0.5, 0.6) is 11.5 Å². The molecule has 0 aliphatic heterocycles. The van der Waals surface area contributed by atoms with E-state index in [1.807, 2.05) is 6.07 Å². The standard InChI is InChI=1S/C21H18FN3O3S/c1-2-29(26,27)25(15-17-4-3-11-24-14-17)18-6-8-19(9-7-18)28-21-10-5-16(13-23)12-20(21)22/h3-12,14H,2,15H2,1H3. The molecule has 3 rings (SSSR count). The van der Waals surface area contributed by atoms with Gasteiger partial charge in [-0.2, -0.15) is 5.26 Å². The molecule has 0 spiro atoms. The Hall–Kier alpha value is -3.44. The van der Waals surface area contributed by atoms with Crippen molar-refractivity contribution in [3.8, 4) is 17.6 Å². The molecule has 148 valence electrons. The highest BCUT2D eigenvalue weighted by molar-refractivity contribution is 7.92. The minimum absolute atomic E-state index is 0.0230. The van der Waals surface area contributed by atoms with Crippen LogP contribution in [0.2, 0.25) is 0 Å². The Morgan fingerprint density at radius 2 is 1.93 bits per heavy atom. The second-order valence-corrected chi connectivity index (χ2v) is 8.30. The van der Waals surface area contributed by atoms with Crippen molar-refractivity contribution in [2.75, 3.05) is 10.1 Å². The van der Waals surface area contributed by atoms with Crippen molar-refractivity contribution < 1.29 is 17.5 Å². The summed E-state index contributed by atoms with van der Waals surface area (Å²) in [5.41, 5.74) is 1.41. The predicted octanol–water partition coefficient (Wildman–Crippen LogP) is 4.24. The van der Waals surface area contributed by atoms with Gasteiger partial charge >= 0.3 is 0 Å². The van der Waals surface area contributed by atoms with E-state index in [-0.39, 0.29) is 23.6 Å². The number of ether oxygens (including phenoxy) is 1. The molecule has 0 unspecified atom stereocenters. The molecule has 2 aromatic carbocycles. The highest BCUT2D eigenvalue weighted by atomic mass is 32.2. The summed E-state index contributed by atoms with van der Waals surface area (Å²) in [6.45, 7) is 1.73. The van der Waals surface area contributed by atoms with Crippen molar-refractivity contribution >= 4 is 15.7 Å². The molecule has 1 aromatic heterocycles. The van der Waals surface area contributed by atoms with Gasteiger partial charge in [0.05, 0.1) is 29.6 Å². The minimum atomic E-state index is -3.52. The molecule has 0 aliphatic carbocycles. The molecule has 6 nitrogen and oxygen atoms in total. The zero-order valence-electron chi connectivity index (χ0n) is 15.6. The van der Waals surface area contributed by atoms with Crippen molar-refractivity contribution in [1.82, 2.24) is 4.98 Å². The first kappa shape index (κ1) is 20.3. The Kier molecular flexibility index (Phi) is 6.10. The lowest BCUT2D eigenvalue weighted by atomic mass is 10.2. The van der Waals surface area contributed by atoms with Crippen molar-refractivity contribution in [3.05, 3.63) is 83.9 Å². The Bertz CT molecular complexity index is 1130. The minimum Gasteiger partial charge on any atom is -0.454 e. The van der Waals surface area contributed by atoms with E-state index in [2.05, 4.69) is 4.98 Å². The van der Waals surface area contributed by atoms with Crippen molar-refractivity contribution in [2.45, 2.75) is 13.5 Å². The average molecular weight is 411 g/mol. The van der Waals surface area contributed by atoms with Gasteiger partial charge in [-0.3, -0.25) is 9.29 Å². The quantitative estimate of drug-likeness (QED) is 0.581. The summed E-state index contributed by atoms with van der Waals surface area (Å²) in [6, 6.07) is 15.6. The van der Waals surface area contributed by atoms with Crippen molar-refractivity contribution in [2.24, 2.45) is 0 Å². The van der Waals surface area contributed by atoms with E-state index in [9.17, 15) is 12.8 Å². The molecule has 1 heterocycles. The smallest absolute Gasteiger partial charge is 0.235 e. The molecule has 0 atom stereocenters. The average Bonchev–Trinajstić information content (AvgIpc) is 2.74. The number of rotatable bonds is 7. The van der Waals surface area contributed by atoms with Crippen LogP contribution in [0.4, 0.5) is 10.1 Å². The van der Waals surface area contributed by atoms with Gasteiger partial charge in [0.15, 0.2) is 11.6 Å². The maximum atomic E-state index is 14.0. The van der Waals surface area contributed by atoms with Gasteiger partial charge in [-0.15, -0.1) is 0 Å². The SMILES string of the molecule is CCS(=O)(=O)N(Cc1cccnc1)c1ccc(Oc2ccc(C#N)cc2F)cc1. The maximum Gasteiger partial charge on any atom is 0.235 e. The van der Waals surface area contributed by atoms with E-state index in [0.717, 1.165) is 11.6 Å². The number of benzene rings is 2. The van der Waals surface area contributed by atoms with Crippen LogP contribution >= 0.6 is 0 Å². The normalized spacial score (nSPS) is 10.9. The number of hydrogen-bond donors (Lipinski definition) is 0. The lowest BCUT2D eigenvalue weighted by Gasteiger charge is -2.24. The van der Waals surface area contributed by atoms with Gasteiger partial charge in [-0.25, -0.2) is 12.8 Å². The zero-order chi connectivity index (χ0) is 20.9. The lowest BCUT2D eigenvalue weighted by Crippen LogP contribution is -2.31. The van der Waals surface area contributed by atoms with Gasteiger partial charge in [0.25, 0.3) is 0 Å². The molecule has 3 aromatic rings. The van der Waals surface area contributed by atoms with E-state index < -0.39 is 15.8 Å². The van der Waals surface area contributed by atoms with Gasteiger partial charge in [0.2, 0.25) is 10.0 Å². The van der Waals surface area contributed by atoms with Gasteiger partial charge in [-0.1, -0.05) is 6.07 Å². The fourth-order valence-corrected chi connectivity index (χ4v) is 3.72. The van der Waals surface area contributed by atoms with Gasteiger partial charge in [0.1, 0.15) is 5.75 Å². The third-order valence-corrected chi connectivity index (χ3v) is 5.90. The summed E-state index contributed by atoms with van der Waals surface area (Å²) in [5, 5.41) is 8.80. The second kappa shape index (κ2) is 8.71. The van der Waals surface area contributed by atoms with E-state index in [4.69, 9.17) is 10.00 Å². The summed E-state index contributed by atoms with van der Waals surface area (Å²) in [4.78, 5) is 4.02. The number of anilines is 1. The first-order valence-electron chi connectivity index (χ1n) is 8.80. The van der Waals surface area contributed by atoms with Crippen LogP contribution < -0.4 is 9.04 Å². The van der Waals surface area contributed by atoms with Crippen LogP contribution in [-0.2, 0) is 16.6 Å². The number of nitrogens with zero attached hydrogens (tertiary/aromatic N) is 3. The highest BCUT2D eigenvalue weighted by Gasteiger charge is 2.21. The molecule has 0 radical (unpaired) electrons. The van der Waals surface area contributed by atoms with E-state index >= 15 is 0 Å². The molecule has 0 saturated heterocycles. The molecule has 0 bridgehead atoms. The molecule has 0 fully saturated rings. The number of halogens is 1. The molecule has 8 heteroatoms. The van der Waals surface area contributed by atoms with E-state index in [1.165, 1.54) is 16.4 Å². The summed E-state index contributed by atoms with van der Waals surface area (Å²) in [6.07, 6.45) is 3.24. The van der Waals surface area contributed by atoms with Gasteiger partial charge < -0.3 is 4.74 Å². The third-order valence-electron chi connectivity index (χ3n) is 4.16. The Balaban J connectivity index is 1.85. The van der Waals surface area contributed by atoms with E-state index in [0.29, 0.717) is 11.4 Å². The Morgan fingerprint density at radius 3 is 2.52 bits per heavy atom. The molecule has 0 aliphatic rings. The first-order chi connectivity index (χ1) is 13.9. The van der Waals surface area contributed by atoms with Crippen LogP contribution in [0.1, 0.15) is 18.1 Å². The second-order valence-electron chi connectivity index (χ2n) is 6.12. The zero-order valence-corrected chi connectivity index (χ0v) is 16.4. The van der Waals surface area contributed by atoms with Crippen LogP contribution in [0.3, 0.4) is 0 Å². The molecule has 0 amide bonds. The monoisotopic (exact) mass is 411 g/mol. The number of aromatic nitrogens is 1. The Morgan fingerprint density at radius 1 is 1.17 bits per heavy atom. The Labute approximate surface area is 168 Å². The van der Waals surface area contributed by atoms with Crippen LogP contribution in [-0.4, -0.2) is 19.2 Å². The summed E-state index contributed by atoms with van der Waals surface area (Å²) < 4.78 is 46.0. The summed E-state index contributed by atoms with van der Waals surface area (Å²) in [7, 11) is -3.52. The van der Waals surface area contributed by atoms with Crippen LogP contribution in [0, 0.1) is 17.1 Å². The fraction of sp³-hybridized carbons (Fsp3) is 0.143. The number of sulfonamides is 1. The van der Waals surface area contributed by atoms with Crippen molar-refractivity contribution in [3.63, 3.8) is 0 Å². The molecular formula is C21H18FN3O3S. The van der Waals surface area contributed by atoms with Crippen molar-refractivity contribution in [1.29, 1.82) is 5.26 Å². The van der Waals surface area contributed by atoms with Gasteiger partial charge in [0, 0.05) is 12.4 Å². The molecule has 0 saturated carbocycles. The topological polar surface area (TPSA) is 83.3 Å². The molecular weight excluding hydrogens is 393 g/mol. The number of hydrogen-bond acceptors (Lipinski definition) is 5. The first-order valence-corrected chi connectivity index (χ1v) is 10.4. The van der Waals surface area contributed by atoms with E-state index in [1.54, 1.807) is 55.7 Å². The molecule has 29 heavy (non-hydrogen) atoms.